The van der Waals surface area contributed by atoms with E-state index in [4.69, 9.17) is 39.5 Å². The van der Waals surface area contributed by atoms with Crippen LogP contribution in [0.15, 0.2) is 49.1 Å². The molecule has 0 radical (unpaired) electrons. The summed E-state index contributed by atoms with van der Waals surface area (Å²) in [5, 5.41) is 6.60. The Hall–Kier alpha value is -4.37. The van der Waals surface area contributed by atoms with E-state index in [2.05, 4.69) is 32.2 Å². The lowest BCUT2D eigenvalue weighted by atomic mass is 9.98. The van der Waals surface area contributed by atoms with E-state index in [1.165, 1.54) is 26.1 Å². The van der Waals surface area contributed by atoms with E-state index in [9.17, 15) is 23.6 Å². The molecule has 4 amide bonds. The van der Waals surface area contributed by atoms with Crippen molar-refractivity contribution in [1.29, 1.82) is 0 Å². The highest BCUT2D eigenvalue weighted by Crippen LogP contribution is 2.33. The zero-order valence-corrected chi connectivity index (χ0v) is 33.4. The van der Waals surface area contributed by atoms with Crippen LogP contribution < -0.4 is 10.6 Å². The number of carbonyl (C=O) groups excluding carboxylic acids is 4. The van der Waals surface area contributed by atoms with Crippen molar-refractivity contribution >= 4 is 58.6 Å². The largest absolute Gasteiger partial charge is 0.444 e. The van der Waals surface area contributed by atoms with Crippen molar-refractivity contribution in [3.63, 3.8) is 0 Å². The quantitative estimate of drug-likeness (QED) is 0.225. The van der Waals surface area contributed by atoms with Gasteiger partial charge in [-0.05, 0) is 82.2 Å². The molecule has 290 valence electrons. The third-order valence-electron chi connectivity index (χ3n) is 8.74. The van der Waals surface area contributed by atoms with Gasteiger partial charge in [-0.25, -0.2) is 19.7 Å². The van der Waals surface area contributed by atoms with Gasteiger partial charge in [0.15, 0.2) is 0 Å². The summed E-state index contributed by atoms with van der Waals surface area (Å²) in [5.41, 5.74) is 1.53. The van der Waals surface area contributed by atoms with Crippen LogP contribution in [-0.4, -0.2) is 104 Å². The van der Waals surface area contributed by atoms with Gasteiger partial charge in [0.1, 0.15) is 26.8 Å². The van der Waals surface area contributed by atoms with Crippen LogP contribution in [0.4, 0.5) is 9.18 Å². The van der Waals surface area contributed by atoms with Crippen LogP contribution in [0.1, 0.15) is 75.2 Å². The minimum absolute atomic E-state index is 0.0540. The number of piperazine rings is 2. The molecule has 3 aromatic heterocycles. The maximum Gasteiger partial charge on any atom is 0.410 e. The molecule has 2 aliphatic rings. The highest BCUT2D eigenvalue weighted by Gasteiger charge is 2.36. The van der Waals surface area contributed by atoms with Crippen molar-refractivity contribution in [2.24, 2.45) is 0 Å². The van der Waals surface area contributed by atoms with Crippen LogP contribution in [0, 0.1) is 5.95 Å². The van der Waals surface area contributed by atoms with Crippen LogP contribution in [0.25, 0.3) is 11.3 Å². The number of nitrogens with one attached hydrogen (secondary N) is 2. The molecule has 4 atom stereocenters. The summed E-state index contributed by atoms with van der Waals surface area (Å²) in [5.74, 6) is -1.78. The summed E-state index contributed by atoms with van der Waals surface area (Å²) in [7, 11) is 1.42. The molecular formula is C37H44Cl3FN8O5. The lowest BCUT2D eigenvalue weighted by molar-refractivity contribution is -0.142. The van der Waals surface area contributed by atoms with Gasteiger partial charge in [0.25, 0.3) is 5.91 Å². The zero-order valence-electron chi connectivity index (χ0n) is 31.1. The molecule has 0 spiro atoms. The fraction of sp³-hybridized carbons (Fsp3) is 0.432. The van der Waals surface area contributed by atoms with Crippen LogP contribution in [0.3, 0.4) is 0 Å². The summed E-state index contributed by atoms with van der Waals surface area (Å²) < 4.78 is 19.6. The van der Waals surface area contributed by atoms with Crippen LogP contribution in [-0.2, 0) is 14.3 Å². The van der Waals surface area contributed by atoms with Crippen LogP contribution in [0.5, 0.6) is 0 Å². The Bertz CT molecular complexity index is 1890. The molecule has 0 saturated carbocycles. The summed E-state index contributed by atoms with van der Waals surface area (Å²) in [6.45, 7) is 16.2. The van der Waals surface area contributed by atoms with Crippen molar-refractivity contribution in [3.8, 4) is 11.3 Å². The van der Waals surface area contributed by atoms with E-state index in [0.717, 1.165) is 11.6 Å². The SMILES string of the molecule is C=CC(=O)N1C[C@H](c2cc(Cl)nc(-c3cc(F)nc(C(=O)NC)c3)c2)N(C(C)=O)C[C@H]1C.C[C@H]1CN[C@H](c2cc(Cl)nc(Cl)c2)CN1C(=O)OC(C)(C)C. The molecule has 0 aromatic carbocycles. The van der Waals surface area contributed by atoms with Gasteiger partial charge in [-0.1, -0.05) is 41.4 Å². The number of amides is 4. The van der Waals surface area contributed by atoms with E-state index < -0.39 is 23.5 Å². The van der Waals surface area contributed by atoms with Gasteiger partial charge in [-0.15, -0.1) is 0 Å². The first-order valence-electron chi connectivity index (χ1n) is 17.1. The smallest absolute Gasteiger partial charge is 0.410 e. The maximum absolute atomic E-state index is 14.1. The number of nitrogens with zero attached hydrogens (tertiary/aromatic N) is 6. The number of aromatic nitrogens is 3. The number of pyridine rings is 3. The monoisotopic (exact) mass is 804 g/mol. The van der Waals surface area contributed by atoms with Gasteiger partial charge in [-0.2, -0.15) is 4.39 Å². The molecule has 2 saturated heterocycles. The fourth-order valence-corrected chi connectivity index (χ4v) is 6.82. The normalized spacial score (nSPS) is 20.0. The molecule has 2 fully saturated rings. The third kappa shape index (κ3) is 10.9. The van der Waals surface area contributed by atoms with Crippen molar-refractivity contribution in [2.45, 2.75) is 71.3 Å². The fourth-order valence-electron chi connectivity index (χ4n) is 6.13. The van der Waals surface area contributed by atoms with Crippen LogP contribution in [0.2, 0.25) is 15.5 Å². The highest BCUT2D eigenvalue weighted by atomic mass is 35.5. The molecule has 3 aromatic rings. The second-order valence-corrected chi connectivity index (χ2v) is 15.1. The topological polar surface area (TPSA) is 150 Å². The zero-order chi connectivity index (χ0) is 40.1. The second-order valence-electron chi connectivity index (χ2n) is 14.0. The Labute approximate surface area is 329 Å². The van der Waals surface area contributed by atoms with E-state index in [1.807, 2.05) is 34.6 Å². The molecule has 2 N–H and O–H groups in total. The Morgan fingerprint density at radius 1 is 0.889 bits per heavy atom. The lowest BCUT2D eigenvalue weighted by Gasteiger charge is -2.45. The highest BCUT2D eigenvalue weighted by molar-refractivity contribution is 6.32. The van der Waals surface area contributed by atoms with Gasteiger partial charge < -0.3 is 30.1 Å². The number of rotatable bonds is 5. The minimum atomic E-state index is -0.843. The molecule has 54 heavy (non-hydrogen) atoms. The van der Waals surface area contributed by atoms with Crippen molar-refractivity contribution in [1.82, 2.24) is 40.3 Å². The van der Waals surface area contributed by atoms with Gasteiger partial charge in [0, 0.05) is 63.9 Å². The second kappa shape index (κ2) is 17.8. The van der Waals surface area contributed by atoms with Gasteiger partial charge in [-0.3, -0.25) is 14.4 Å². The average molecular weight is 806 g/mol. The first kappa shape index (κ1) is 42.4. The number of halogens is 4. The van der Waals surface area contributed by atoms with Gasteiger partial charge in [0.05, 0.1) is 17.8 Å². The van der Waals surface area contributed by atoms with E-state index in [0.29, 0.717) is 46.8 Å². The molecule has 2 aliphatic heterocycles. The summed E-state index contributed by atoms with van der Waals surface area (Å²) >= 11 is 18.2. The number of carbonyl (C=O) groups is 4. The molecule has 5 rings (SSSR count). The maximum atomic E-state index is 14.1. The third-order valence-corrected chi connectivity index (χ3v) is 9.32. The number of ether oxygens (including phenoxy) is 1. The minimum Gasteiger partial charge on any atom is -0.444 e. The average Bonchev–Trinajstić information content (AvgIpc) is 3.09. The number of hydrogen-bond acceptors (Lipinski definition) is 9. The van der Waals surface area contributed by atoms with E-state index in [1.54, 1.807) is 39.0 Å². The molecule has 0 aliphatic carbocycles. The molecule has 0 bridgehead atoms. The van der Waals surface area contributed by atoms with Gasteiger partial charge in [0.2, 0.25) is 17.8 Å². The Morgan fingerprint density at radius 3 is 2.11 bits per heavy atom. The first-order chi connectivity index (χ1) is 25.3. The first-order valence-corrected chi connectivity index (χ1v) is 18.3. The Balaban J connectivity index is 0.000000258. The number of hydrogen-bond donors (Lipinski definition) is 2. The van der Waals surface area contributed by atoms with Gasteiger partial charge >= 0.3 is 6.09 Å². The standard InChI is InChI=1S/C22H23ClFN5O3.C15H21Cl2N3O2/c1-5-21(31)28-11-18(29(13(3)30)10-12(28)2)15-7-16(26-19(23)8-15)14-6-17(22(32)25-4)27-20(24)9-14;1-9-7-18-11(10-5-12(16)19-13(17)6-10)8-20(9)14(21)22-15(2,3)4/h5-9,12,18H,1,10-11H2,2-4H3,(H,25,32);5-6,9,11,18H,7-8H2,1-4H3/t12-,18-;9-,11-/m10/s1. The molecule has 17 heteroatoms. The lowest BCUT2D eigenvalue weighted by Crippen LogP contribution is -2.56. The van der Waals surface area contributed by atoms with E-state index in [-0.39, 0.29) is 53.4 Å². The Morgan fingerprint density at radius 2 is 1.52 bits per heavy atom. The predicted octanol–water partition coefficient (Wildman–Crippen LogP) is 6.26. The predicted molar refractivity (Wildman–Crippen MR) is 205 cm³/mol. The summed E-state index contributed by atoms with van der Waals surface area (Å²) in [6, 6.07) is 8.66. The van der Waals surface area contributed by atoms with Crippen molar-refractivity contribution in [3.05, 3.63) is 87.3 Å². The van der Waals surface area contributed by atoms with Crippen molar-refractivity contribution in [2.75, 3.05) is 33.2 Å². The van der Waals surface area contributed by atoms with E-state index >= 15 is 0 Å². The molecule has 5 heterocycles. The van der Waals surface area contributed by atoms with Crippen molar-refractivity contribution < 1.29 is 28.3 Å². The summed E-state index contributed by atoms with van der Waals surface area (Å²) in [4.78, 5) is 65.8. The van der Waals surface area contributed by atoms with Crippen LogP contribution >= 0.6 is 34.8 Å². The summed E-state index contributed by atoms with van der Waals surface area (Å²) in [6.07, 6.45) is 0.930. The Kier molecular flexibility index (Phi) is 14.0. The molecule has 0 unspecified atom stereocenters. The molecular weight excluding hydrogens is 762 g/mol. The molecule has 13 nitrogen and oxygen atoms in total.